The Bertz CT molecular complexity index is 834. The summed E-state index contributed by atoms with van der Waals surface area (Å²) >= 11 is 0. The summed E-state index contributed by atoms with van der Waals surface area (Å²) in [5.41, 5.74) is 1.32. The molecule has 0 saturated carbocycles. The van der Waals surface area contributed by atoms with Gasteiger partial charge in [-0.05, 0) is 55.7 Å². The second-order valence-electron chi connectivity index (χ2n) is 6.94. The largest absolute Gasteiger partial charge is 0.494 e. The van der Waals surface area contributed by atoms with Gasteiger partial charge in [-0.3, -0.25) is 9.59 Å². The standard InChI is InChI=1S/C21H25FN2O3/c1-21(2,11-10-19(25)23-3)24-20(26)16-7-5-6-14(12-16)15-8-9-18(27-4)17(22)13-15/h5-9,12-13H,10-11H2,1-4H3,(H,23,25)(H,24,26). The van der Waals surface area contributed by atoms with Crippen molar-refractivity contribution in [2.75, 3.05) is 14.2 Å². The van der Waals surface area contributed by atoms with E-state index in [1.165, 1.54) is 13.2 Å². The zero-order chi connectivity index (χ0) is 20.0. The lowest BCUT2D eigenvalue weighted by molar-refractivity contribution is -0.121. The molecular formula is C21H25FN2O3. The molecule has 0 fully saturated rings. The Kier molecular flexibility index (Phi) is 6.55. The van der Waals surface area contributed by atoms with Crippen LogP contribution in [0, 0.1) is 5.82 Å². The summed E-state index contributed by atoms with van der Waals surface area (Å²) in [5.74, 6) is -0.598. The highest BCUT2D eigenvalue weighted by Crippen LogP contribution is 2.26. The van der Waals surface area contributed by atoms with Gasteiger partial charge in [0.25, 0.3) is 5.91 Å². The molecule has 2 amide bonds. The van der Waals surface area contributed by atoms with Crippen molar-refractivity contribution < 1.29 is 18.7 Å². The maximum absolute atomic E-state index is 14.0. The van der Waals surface area contributed by atoms with Crippen LogP contribution in [0.3, 0.4) is 0 Å². The molecule has 0 aliphatic heterocycles. The second-order valence-corrected chi connectivity index (χ2v) is 6.94. The molecule has 0 unspecified atom stereocenters. The molecule has 0 spiro atoms. The Morgan fingerprint density at radius 3 is 2.44 bits per heavy atom. The van der Waals surface area contributed by atoms with Crippen LogP contribution in [0.5, 0.6) is 5.75 Å². The molecule has 144 valence electrons. The monoisotopic (exact) mass is 372 g/mol. The van der Waals surface area contributed by atoms with Crippen molar-refractivity contribution in [1.82, 2.24) is 10.6 Å². The third-order valence-electron chi connectivity index (χ3n) is 4.32. The third-order valence-corrected chi connectivity index (χ3v) is 4.32. The van der Waals surface area contributed by atoms with Crippen LogP contribution in [0.25, 0.3) is 11.1 Å². The van der Waals surface area contributed by atoms with Crippen molar-refractivity contribution >= 4 is 11.8 Å². The SMILES string of the molecule is CNC(=O)CCC(C)(C)NC(=O)c1cccc(-c2ccc(OC)c(F)c2)c1. The number of hydrogen-bond acceptors (Lipinski definition) is 3. The van der Waals surface area contributed by atoms with Gasteiger partial charge in [0, 0.05) is 24.6 Å². The lowest BCUT2D eigenvalue weighted by Crippen LogP contribution is -2.44. The molecule has 27 heavy (non-hydrogen) atoms. The molecule has 5 nitrogen and oxygen atoms in total. The predicted molar refractivity (Wildman–Crippen MR) is 103 cm³/mol. The number of benzene rings is 2. The van der Waals surface area contributed by atoms with Gasteiger partial charge in [0.15, 0.2) is 11.6 Å². The van der Waals surface area contributed by atoms with Crippen LogP contribution in [-0.2, 0) is 4.79 Å². The van der Waals surface area contributed by atoms with Crippen molar-refractivity contribution in [2.24, 2.45) is 0 Å². The van der Waals surface area contributed by atoms with E-state index in [2.05, 4.69) is 10.6 Å². The number of carbonyl (C=O) groups excluding carboxylic acids is 2. The molecular weight excluding hydrogens is 347 g/mol. The summed E-state index contributed by atoms with van der Waals surface area (Å²) in [6.07, 6.45) is 0.844. The van der Waals surface area contributed by atoms with E-state index in [0.29, 0.717) is 24.0 Å². The Morgan fingerprint density at radius 1 is 1.11 bits per heavy atom. The number of halogens is 1. The van der Waals surface area contributed by atoms with Crippen LogP contribution in [0.15, 0.2) is 42.5 Å². The van der Waals surface area contributed by atoms with E-state index in [1.54, 1.807) is 37.4 Å². The topological polar surface area (TPSA) is 67.4 Å². The van der Waals surface area contributed by atoms with E-state index in [9.17, 15) is 14.0 Å². The quantitative estimate of drug-likeness (QED) is 0.781. The fourth-order valence-corrected chi connectivity index (χ4v) is 2.68. The van der Waals surface area contributed by atoms with Gasteiger partial charge in [0.05, 0.1) is 7.11 Å². The average Bonchev–Trinajstić information content (AvgIpc) is 2.65. The summed E-state index contributed by atoms with van der Waals surface area (Å²) in [6.45, 7) is 3.74. The average molecular weight is 372 g/mol. The maximum Gasteiger partial charge on any atom is 0.251 e. The highest BCUT2D eigenvalue weighted by Gasteiger charge is 2.22. The molecule has 0 bridgehead atoms. The van der Waals surface area contributed by atoms with Crippen molar-refractivity contribution in [1.29, 1.82) is 0 Å². The minimum absolute atomic E-state index is 0.0687. The number of nitrogens with one attached hydrogen (secondary N) is 2. The van der Waals surface area contributed by atoms with Crippen LogP contribution < -0.4 is 15.4 Å². The molecule has 2 aromatic rings. The zero-order valence-corrected chi connectivity index (χ0v) is 16.1. The summed E-state index contributed by atoms with van der Waals surface area (Å²) < 4.78 is 18.9. The highest BCUT2D eigenvalue weighted by molar-refractivity contribution is 5.96. The van der Waals surface area contributed by atoms with Crippen LogP contribution in [0.1, 0.15) is 37.0 Å². The van der Waals surface area contributed by atoms with Crippen LogP contribution in [-0.4, -0.2) is 31.5 Å². The first-order valence-electron chi connectivity index (χ1n) is 8.73. The Hall–Kier alpha value is -2.89. The van der Waals surface area contributed by atoms with Crippen molar-refractivity contribution in [3.63, 3.8) is 0 Å². The third kappa shape index (κ3) is 5.54. The van der Waals surface area contributed by atoms with Crippen molar-refractivity contribution in [3.05, 3.63) is 53.8 Å². The van der Waals surface area contributed by atoms with Gasteiger partial charge in [-0.1, -0.05) is 18.2 Å². The first-order chi connectivity index (χ1) is 12.8. The molecule has 0 aliphatic rings. The van der Waals surface area contributed by atoms with Crippen LogP contribution >= 0.6 is 0 Å². The number of carbonyl (C=O) groups is 2. The zero-order valence-electron chi connectivity index (χ0n) is 16.1. The first-order valence-corrected chi connectivity index (χ1v) is 8.73. The van der Waals surface area contributed by atoms with Gasteiger partial charge >= 0.3 is 0 Å². The van der Waals surface area contributed by atoms with Gasteiger partial charge in [-0.2, -0.15) is 0 Å². The predicted octanol–water partition coefficient (Wildman–Crippen LogP) is 3.54. The van der Waals surface area contributed by atoms with Gasteiger partial charge in [0.1, 0.15) is 0 Å². The number of hydrogen-bond donors (Lipinski definition) is 2. The summed E-state index contributed by atoms with van der Waals surface area (Å²) in [7, 11) is 3.00. The lowest BCUT2D eigenvalue weighted by Gasteiger charge is -2.26. The van der Waals surface area contributed by atoms with E-state index < -0.39 is 11.4 Å². The van der Waals surface area contributed by atoms with Gasteiger partial charge in [0.2, 0.25) is 5.91 Å². The molecule has 0 radical (unpaired) electrons. The first kappa shape index (κ1) is 20.4. The van der Waals surface area contributed by atoms with Crippen molar-refractivity contribution in [2.45, 2.75) is 32.2 Å². The number of ether oxygens (including phenoxy) is 1. The maximum atomic E-state index is 14.0. The minimum atomic E-state index is -0.536. The lowest BCUT2D eigenvalue weighted by atomic mass is 9.96. The Morgan fingerprint density at radius 2 is 1.81 bits per heavy atom. The van der Waals surface area contributed by atoms with Crippen LogP contribution in [0.4, 0.5) is 4.39 Å². The normalized spacial score (nSPS) is 11.0. The summed E-state index contributed by atoms with van der Waals surface area (Å²) in [4.78, 5) is 24.0. The van der Waals surface area contributed by atoms with E-state index in [0.717, 1.165) is 5.56 Å². The van der Waals surface area contributed by atoms with E-state index >= 15 is 0 Å². The summed E-state index contributed by atoms with van der Waals surface area (Å²) in [6, 6.07) is 11.7. The molecule has 2 N–H and O–H groups in total. The summed E-state index contributed by atoms with van der Waals surface area (Å²) in [5, 5.41) is 5.52. The molecule has 0 aromatic heterocycles. The number of methoxy groups -OCH3 is 1. The molecule has 0 heterocycles. The van der Waals surface area contributed by atoms with E-state index in [-0.39, 0.29) is 17.6 Å². The van der Waals surface area contributed by atoms with Gasteiger partial charge in [-0.15, -0.1) is 0 Å². The van der Waals surface area contributed by atoms with E-state index in [4.69, 9.17) is 4.74 Å². The van der Waals surface area contributed by atoms with Crippen LogP contribution in [0.2, 0.25) is 0 Å². The molecule has 0 saturated heterocycles. The fraction of sp³-hybridized carbons (Fsp3) is 0.333. The molecule has 2 rings (SSSR count). The second kappa shape index (κ2) is 8.66. The highest BCUT2D eigenvalue weighted by atomic mass is 19.1. The molecule has 6 heteroatoms. The smallest absolute Gasteiger partial charge is 0.251 e. The Balaban J connectivity index is 2.15. The Labute approximate surface area is 158 Å². The molecule has 0 atom stereocenters. The number of rotatable bonds is 7. The molecule has 2 aromatic carbocycles. The van der Waals surface area contributed by atoms with Gasteiger partial charge < -0.3 is 15.4 Å². The van der Waals surface area contributed by atoms with Crippen molar-refractivity contribution in [3.8, 4) is 16.9 Å². The van der Waals surface area contributed by atoms with E-state index in [1.807, 2.05) is 19.9 Å². The number of amides is 2. The minimum Gasteiger partial charge on any atom is -0.494 e. The molecule has 0 aliphatic carbocycles. The van der Waals surface area contributed by atoms with Gasteiger partial charge in [-0.25, -0.2) is 4.39 Å². The fourth-order valence-electron chi connectivity index (χ4n) is 2.68.